The Labute approximate surface area is 67.8 Å². The second kappa shape index (κ2) is 6.68. The summed E-state index contributed by atoms with van der Waals surface area (Å²) < 4.78 is 0. The van der Waals surface area contributed by atoms with Crippen LogP contribution in [-0.2, 0) is 0 Å². The zero-order valence-corrected chi connectivity index (χ0v) is 6.75. The van der Waals surface area contributed by atoms with E-state index in [1.807, 2.05) is 25.2 Å². The van der Waals surface area contributed by atoms with Gasteiger partial charge in [-0.25, -0.2) is 0 Å². The number of nitrogens with two attached hydrogens (primary N) is 1. The zero-order chi connectivity index (χ0) is 8.53. The minimum atomic E-state index is 1.04. The van der Waals surface area contributed by atoms with Crippen molar-refractivity contribution >= 4 is 0 Å². The number of rotatable bonds is 4. The van der Waals surface area contributed by atoms with Gasteiger partial charge in [0, 0.05) is 6.20 Å². The smallest absolute Gasteiger partial charge is 0.000418 e. The molecule has 11 heavy (non-hydrogen) atoms. The molecule has 0 aromatic heterocycles. The van der Waals surface area contributed by atoms with Gasteiger partial charge in [0.25, 0.3) is 0 Å². The Balaban J connectivity index is 3.67. The standard InChI is InChI=1S/C9H14N2/c1-3-11-7-5-4-6-9(2)8-10/h3-8,11H,1,10H2,2H3/b6-4-,7-5-,9-8+. The van der Waals surface area contributed by atoms with Crippen molar-refractivity contribution in [2.24, 2.45) is 5.73 Å². The van der Waals surface area contributed by atoms with Crippen LogP contribution in [0.3, 0.4) is 0 Å². The second-order valence-corrected chi connectivity index (χ2v) is 2.00. The third kappa shape index (κ3) is 6.45. The molecule has 0 bridgehead atoms. The first-order valence-electron chi connectivity index (χ1n) is 3.40. The highest BCUT2D eigenvalue weighted by Crippen LogP contribution is 1.90. The van der Waals surface area contributed by atoms with Crippen molar-refractivity contribution in [2.45, 2.75) is 6.92 Å². The highest BCUT2D eigenvalue weighted by Gasteiger charge is 1.72. The van der Waals surface area contributed by atoms with Gasteiger partial charge in [-0.05, 0) is 31.0 Å². The number of hydrogen-bond acceptors (Lipinski definition) is 2. The molecule has 0 aromatic carbocycles. The maximum Gasteiger partial charge on any atom is 0.000418 e. The lowest BCUT2D eigenvalue weighted by Gasteiger charge is -1.85. The minimum absolute atomic E-state index is 1.04. The van der Waals surface area contributed by atoms with Gasteiger partial charge < -0.3 is 11.1 Å². The highest BCUT2D eigenvalue weighted by molar-refractivity contribution is 5.18. The van der Waals surface area contributed by atoms with Crippen LogP contribution in [0, 0.1) is 0 Å². The lowest BCUT2D eigenvalue weighted by Crippen LogP contribution is -1.87. The van der Waals surface area contributed by atoms with Crippen LogP contribution in [0.25, 0.3) is 0 Å². The van der Waals surface area contributed by atoms with Crippen molar-refractivity contribution in [3.8, 4) is 0 Å². The molecule has 0 saturated heterocycles. The average molecular weight is 150 g/mol. The largest absolute Gasteiger partial charge is 0.404 e. The van der Waals surface area contributed by atoms with Crippen LogP contribution in [0.1, 0.15) is 6.92 Å². The molecule has 0 amide bonds. The molecule has 0 rings (SSSR count). The van der Waals surface area contributed by atoms with Crippen LogP contribution in [0.5, 0.6) is 0 Å². The quantitative estimate of drug-likeness (QED) is 0.598. The molecule has 0 aliphatic heterocycles. The second-order valence-electron chi connectivity index (χ2n) is 2.00. The Hall–Kier alpha value is -1.44. The molecule has 0 radical (unpaired) electrons. The van der Waals surface area contributed by atoms with Crippen molar-refractivity contribution in [3.05, 3.63) is 49.0 Å². The van der Waals surface area contributed by atoms with Crippen LogP contribution < -0.4 is 11.1 Å². The summed E-state index contributed by atoms with van der Waals surface area (Å²) in [7, 11) is 0. The van der Waals surface area contributed by atoms with Gasteiger partial charge >= 0.3 is 0 Å². The molecule has 3 N–H and O–H groups in total. The maximum atomic E-state index is 5.24. The lowest BCUT2D eigenvalue weighted by molar-refractivity contribution is 1.20. The fraction of sp³-hybridized carbons (Fsp3) is 0.111. The molecule has 0 spiro atoms. The van der Waals surface area contributed by atoms with E-state index in [-0.39, 0.29) is 0 Å². The van der Waals surface area contributed by atoms with Gasteiger partial charge in [-0.1, -0.05) is 18.7 Å². The summed E-state index contributed by atoms with van der Waals surface area (Å²) in [6, 6.07) is 0. The van der Waals surface area contributed by atoms with Gasteiger partial charge in [0.2, 0.25) is 0 Å². The molecule has 0 aromatic rings. The number of hydrogen-bond donors (Lipinski definition) is 2. The Morgan fingerprint density at radius 3 is 2.73 bits per heavy atom. The van der Waals surface area contributed by atoms with Crippen molar-refractivity contribution in [3.63, 3.8) is 0 Å². The van der Waals surface area contributed by atoms with Crippen LogP contribution >= 0.6 is 0 Å². The molecular weight excluding hydrogens is 136 g/mol. The van der Waals surface area contributed by atoms with Crippen LogP contribution in [0.4, 0.5) is 0 Å². The molecule has 0 aliphatic carbocycles. The zero-order valence-electron chi connectivity index (χ0n) is 6.75. The van der Waals surface area contributed by atoms with E-state index >= 15 is 0 Å². The van der Waals surface area contributed by atoms with E-state index in [9.17, 15) is 0 Å². The minimum Gasteiger partial charge on any atom is -0.404 e. The summed E-state index contributed by atoms with van der Waals surface area (Å²) in [6.07, 6.45) is 10.6. The summed E-state index contributed by atoms with van der Waals surface area (Å²) in [6.45, 7) is 5.43. The lowest BCUT2D eigenvalue weighted by atomic mass is 10.3. The van der Waals surface area contributed by atoms with Crippen molar-refractivity contribution < 1.29 is 0 Å². The summed E-state index contributed by atoms with van der Waals surface area (Å²) in [5.41, 5.74) is 6.28. The topological polar surface area (TPSA) is 38.0 Å². The van der Waals surface area contributed by atoms with E-state index in [2.05, 4.69) is 11.9 Å². The molecule has 0 unspecified atom stereocenters. The molecular formula is C9H14N2. The summed E-state index contributed by atoms with van der Waals surface area (Å²) in [4.78, 5) is 0. The monoisotopic (exact) mass is 150 g/mol. The predicted octanol–water partition coefficient (Wildman–Crippen LogP) is 1.65. The Morgan fingerprint density at radius 1 is 1.45 bits per heavy atom. The SMILES string of the molecule is C=CN\C=C/C=C\C(C)=C\N. The summed E-state index contributed by atoms with van der Waals surface area (Å²) >= 11 is 0. The van der Waals surface area contributed by atoms with Gasteiger partial charge in [-0.3, -0.25) is 0 Å². The first-order valence-corrected chi connectivity index (χ1v) is 3.40. The fourth-order valence-corrected chi connectivity index (χ4v) is 0.442. The molecule has 0 atom stereocenters. The van der Waals surface area contributed by atoms with E-state index < -0.39 is 0 Å². The van der Waals surface area contributed by atoms with Crippen molar-refractivity contribution in [1.82, 2.24) is 5.32 Å². The van der Waals surface area contributed by atoms with Crippen molar-refractivity contribution in [1.29, 1.82) is 0 Å². The molecule has 0 heterocycles. The van der Waals surface area contributed by atoms with E-state index in [1.54, 1.807) is 18.6 Å². The van der Waals surface area contributed by atoms with E-state index in [4.69, 9.17) is 5.73 Å². The van der Waals surface area contributed by atoms with Crippen LogP contribution in [-0.4, -0.2) is 0 Å². The normalized spacial score (nSPS) is 12.6. The van der Waals surface area contributed by atoms with Crippen LogP contribution in [0.2, 0.25) is 0 Å². The third-order valence-electron chi connectivity index (χ3n) is 1.04. The first-order chi connectivity index (χ1) is 5.31. The average Bonchev–Trinajstić information content (AvgIpc) is 2.04. The summed E-state index contributed by atoms with van der Waals surface area (Å²) in [5.74, 6) is 0. The van der Waals surface area contributed by atoms with E-state index in [0.717, 1.165) is 5.57 Å². The number of allylic oxidation sites excluding steroid dienone is 4. The highest BCUT2D eigenvalue weighted by atomic mass is 14.8. The maximum absolute atomic E-state index is 5.24. The van der Waals surface area contributed by atoms with Crippen LogP contribution in [0.15, 0.2) is 49.0 Å². The van der Waals surface area contributed by atoms with Gasteiger partial charge in [-0.15, -0.1) is 0 Å². The first kappa shape index (κ1) is 9.56. The molecule has 0 saturated carbocycles. The van der Waals surface area contributed by atoms with Gasteiger partial charge in [0.05, 0.1) is 0 Å². The molecule has 2 nitrogen and oxygen atoms in total. The molecule has 0 fully saturated rings. The van der Waals surface area contributed by atoms with Gasteiger partial charge in [-0.2, -0.15) is 0 Å². The Kier molecular flexibility index (Phi) is 5.80. The fourth-order valence-electron chi connectivity index (χ4n) is 0.442. The molecule has 0 aliphatic rings. The number of nitrogens with one attached hydrogen (secondary N) is 1. The van der Waals surface area contributed by atoms with Gasteiger partial charge in [0.15, 0.2) is 0 Å². The molecule has 60 valence electrons. The van der Waals surface area contributed by atoms with E-state index in [0.29, 0.717) is 0 Å². The third-order valence-corrected chi connectivity index (χ3v) is 1.04. The van der Waals surface area contributed by atoms with E-state index in [1.165, 1.54) is 0 Å². The molecule has 2 heteroatoms. The Morgan fingerprint density at radius 2 is 2.18 bits per heavy atom. The van der Waals surface area contributed by atoms with Crippen molar-refractivity contribution in [2.75, 3.05) is 0 Å². The van der Waals surface area contributed by atoms with Gasteiger partial charge in [0.1, 0.15) is 0 Å². The summed E-state index contributed by atoms with van der Waals surface area (Å²) in [5, 5.41) is 2.82. The Bertz CT molecular complexity index is 188. The predicted molar refractivity (Wildman–Crippen MR) is 49.6 cm³/mol.